The average molecular weight is 256 g/mol. The molecular weight excluding hydrogens is 232 g/mol. The standard InChI is InChI=1S/C14H24O4/c15-12(16)8-4-1-2-5-9-14(13(17)18)10-6-3-7-11-14/h1-11H2,(H,15,16)(H,17,18). The van der Waals surface area contributed by atoms with Gasteiger partial charge in [0.15, 0.2) is 0 Å². The molecule has 0 unspecified atom stereocenters. The molecule has 0 aromatic rings. The van der Waals surface area contributed by atoms with Gasteiger partial charge in [0, 0.05) is 6.42 Å². The molecule has 0 saturated heterocycles. The van der Waals surface area contributed by atoms with Crippen molar-refractivity contribution in [3.63, 3.8) is 0 Å². The van der Waals surface area contributed by atoms with E-state index in [4.69, 9.17) is 5.11 Å². The van der Waals surface area contributed by atoms with E-state index in [0.717, 1.165) is 57.8 Å². The highest BCUT2D eigenvalue weighted by Gasteiger charge is 2.38. The number of carboxylic acids is 2. The maximum Gasteiger partial charge on any atom is 0.309 e. The Bertz CT molecular complexity index is 280. The van der Waals surface area contributed by atoms with E-state index in [-0.39, 0.29) is 6.42 Å². The van der Waals surface area contributed by atoms with E-state index in [0.29, 0.717) is 6.42 Å². The second-order valence-corrected chi connectivity index (χ2v) is 5.45. The van der Waals surface area contributed by atoms with E-state index in [9.17, 15) is 14.7 Å². The van der Waals surface area contributed by atoms with Crippen LogP contribution in [0.1, 0.15) is 70.6 Å². The Kier molecular flexibility index (Phi) is 6.16. The summed E-state index contributed by atoms with van der Waals surface area (Å²) in [7, 11) is 0. The third-order valence-electron chi connectivity index (χ3n) is 4.06. The highest BCUT2D eigenvalue weighted by molar-refractivity contribution is 5.74. The average Bonchev–Trinajstić information content (AvgIpc) is 2.34. The summed E-state index contributed by atoms with van der Waals surface area (Å²) in [5.41, 5.74) is -0.481. The Morgan fingerprint density at radius 1 is 0.889 bits per heavy atom. The van der Waals surface area contributed by atoms with Crippen molar-refractivity contribution in [1.82, 2.24) is 0 Å². The minimum atomic E-state index is -0.746. The van der Waals surface area contributed by atoms with E-state index in [1.54, 1.807) is 0 Å². The minimum absolute atomic E-state index is 0.226. The Balaban J connectivity index is 2.22. The number of rotatable bonds is 8. The number of hydrogen-bond donors (Lipinski definition) is 2. The Morgan fingerprint density at radius 2 is 1.50 bits per heavy atom. The second kappa shape index (κ2) is 7.39. The lowest BCUT2D eigenvalue weighted by Gasteiger charge is -2.33. The third kappa shape index (κ3) is 4.67. The van der Waals surface area contributed by atoms with Gasteiger partial charge in [-0.15, -0.1) is 0 Å². The number of aliphatic carboxylic acids is 2. The summed E-state index contributed by atoms with van der Waals surface area (Å²) in [5.74, 6) is -1.38. The topological polar surface area (TPSA) is 74.6 Å². The van der Waals surface area contributed by atoms with Crippen LogP contribution in [0.5, 0.6) is 0 Å². The number of hydrogen-bond acceptors (Lipinski definition) is 2. The lowest BCUT2D eigenvalue weighted by molar-refractivity contribution is -0.151. The molecule has 4 nitrogen and oxygen atoms in total. The smallest absolute Gasteiger partial charge is 0.309 e. The maximum atomic E-state index is 11.4. The van der Waals surface area contributed by atoms with Gasteiger partial charge in [0.1, 0.15) is 0 Å². The molecule has 0 amide bonds. The van der Waals surface area contributed by atoms with Crippen LogP contribution < -0.4 is 0 Å². The van der Waals surface area contributed by atoms with Crippen LogP contribution >= 0.6 is 0 Å². The van der Waals surface area contributed by atoms with Gasteiger partial charge in [-0.25, -0.2) is 0 Å². The first-order valence-electron chi connectivity index (χ1n) is 7.02. The molecule has 2 N–H and O–H groups in total. The van der Waals surface area contributed by atoms with Gasteiger partial charge < -0.3 is 10.2 Å². The molecule has 104 valence electrons. The van der Waals surface area contributed by atoms with Gasteiger partial charge >= 0.3 is 11.9 Å². The molecule has 0 aromatic carbocycles. The Morgan fingerprint density at radius 3 is 2.06 bits per heavy atom. The molecule has 0 aromatic heterocycles. The summed E-state index contributed by atoms with van der Waals surface area (Å²) in [5, 5.41) is 17.9. The Hall–Kier alpha value is -1.06. The molecule has 1 rings (SSSR count). The maximum absolute atomic E-state index is 11.4. The van der Waals surface area contributed by atoms with Crippen LogP contribution in [0.25, 0.3) is 0 Å². The molecule has 1 aliphatic rings. The third-order valence-corrected chi connectivity index (χ3v) is 4.06. The highest BCUT2D eigenvalue weighted by atomic mass is 16.4. The van der Waals surface area contributed by atoms with Crippen molar-refractivity contribution in [3.8, 4) is 0 Å². The quantitative estimate of drug-likeness (QED) is 0.652. The van der Waals surface area contributed by atoms with Crippen molar-refractivity contribution in [2.75, 3.05) is 0 Å². The molecule has 1 saturated carbocycles. The second-order valence-electron chi connectivity index (χ2n) is 5.45. The normalized spacial score (nSPS) is 18.4. The molecule has 1 aliphatic carbocycles. The molecule has 0 bridgehead atoms. The monoisotopic (exact) mass is 256 g/mol. The van der Waals surface area contributed by atoms with Crippen LogP contribution in [-0.4, -0.2) is 22.2 Å². The first-order chi connectivity index (χ1) is 8.57. The summed E-state index contributed by atoms with van der Waals surface area (Å²) in [6.07, 6.45) is 9.30. The first kappa shape index (κ1) is 15.0. The van der Waals surface area contributed by atoms with Crippen LogP contribution in [0, 0.1) is 5.41 Å². The first-order valence-corrected chi connectivity index (χ1v) is 7.02. The van der Waals surface area contributed by atoms with Crippen LogP contribution in [0.4, 0.5) is 0 Å². The van der Waals surface area contributed by atoms with E-state index >= 15 is 0 Å². The lowest BCUT2D eigenvalue weighted by atomic mass is 9.71. The van der Waals surface area contributed by atoms with Gasteiger partial charge in [-0.3, -0.25) is 9.59 Å². The molecule has 0 radical (unpaired) electrons. The SMILES string of the molecule is O=C(O)CCCCCCC1(C(=O)O)CCCCC1. The number of unbranched alkanes of at least 4 members (excludes halogenated alkanes) is 3. The molecule has 0 spiro atoms. The molecule has 18 heavy (non-hydrogen) atoms. The highest BCUT2D eigenvalue weighted by Crippen LogP contribution is 2.40. The van der Waals surface area contributed by atoms with E-state index in [1.807, 2.05) is 0 Å². The largest absolute Gasteiger partial charge is 0.481 e. The molecule has 1 fully saturated rings. The number of carbonyl (C=O) groups is 2. The summed E-state index contributed by atoms with van der Waals surface area (Å²) < 4.78 is 0. The zero-order valence-corrected chi connectivity index (χ0v) is 11.0. The van der Waals surface area contributed by atoms with E-state index < -0.39 is 17.4 Å². The fourth-order valence-corrected chi connectivity index (χ4v) is 2.89. The molecule has 0 atom stereocenters. The van der Waals surface area contributed by atoms with Gasteiger partial charge in [-0.2, -0.15) is 0 Å². The Labute approximate surface area is 108 Å². The van der Waals surface area contributed by atoms with Crippen LogP contribution in [0.15, 0.2) is 0 Å². The van der Waals surface area contributed by atoms with Gasteiger partial charge in [-0.1, -0.05) is 38.5 Å². The van der Waals surface area contributed by atoms with Crippen LogP contribution in [-0.2, 0) is 9.59 Å². The van der Waals surface area contributed by atoms with Crippen molar-refractivity contribution >= 4 is 11.9 Å². The van der Waals surface area contributed by atoms with Crippen molar-refractivity contribution in [3.05, 3.63) is 0 Å². The fourth-order valence-electron chi connectivity index (χ4n) is 2.89. The summed E-state index contributed by atoms with van der Waals surface area (Å²) in [4.78, 5) is 21.7. The van der Waals surface area contributed by atoms with Crippen LogP contribution in [0.2, 0.25) is 0 Å². The van der Waals surface area contributed by atoms with E-state index in [1.165, 1.54) is 0 Å². The molecular formula is C14H24O4. The van der Waals surface area contributed by atoms with Gasteiger partial charge in [0.05, 0.1) is 5.41 Å². The zero-order chi connectivity index (χ0) is 13.4. The van der Waals surface area contributed by atoms with Gasteiger partial charge in [0.25, 0.3) is 0 Å². The van der Waals surface area contributed by atoms with Crippen molar-refractivity contribution in [2.45, 2.75) is 70.6 Å². The predicted molar refractivity (Wildman–Crippen MR) is 68.5 cm³/mol. The molecule has 4 heteroatoms. The van der Waals surface area contributed by atoms with Crippen molar-refractivity contribution < 1.29 is 19.8 Å². The molecule has 0 heterocycles. The number of carboxylic acid groups (broad SMARTS) is 2. The van der Waals surface area contributed by atoms with Gasteiger partial charge in [0.2, 0.25) is 0 Å². The minimum Gasteiger partial charge on any atom is -0.481 e. The summed E-state index contributed by atoms with van der Waals surface area (Å²) in [6.45, 7) is 0. The predicted octanol–water partition coefficient (Wildman–Crippen LogP) is 3.45. The zero-order valence-electron chi connectivity index (χ0n) is 11.0. The molecule has 0 aliphatic heterocycles. The van der Waals surface area contributed by atoms with Gasteiger partial charge in [-0.05, 0) is 25.7 Å². The van der Waals surface area contributed by atoms with Crippen molar-refractivity contribution in [2.24, 2.45) is 5.41 Å². The lowest BCUT2D eigenvalue weighted by Crippen LogP contribution is -2.33. The van der Waals surface area contributed by atoms with Crippen LogP contribution in [0.3, 0.4) is 0 Å². The summed E-state index contributed by atoms with van der Waals surface area (Å²) >= 11 is 0. The fraction of sp³-hybridized carbons (Fsp3) is 0.857. The van der Waals surface area contributed by atoms with Crippen molar-refractivity contribution in [1.29, 1.82) is 0 Å². The van der Waals surface area contributed by atoms with E-state index in [2.05, 4.69) is 0 Å². The summed E-state index contributed by atoms with van der Waals surface area (Å²) in [6, 6.07) is 0.